The molecule has 0 fully saturated rings. The van der Waals surface area contributed by atoms with Gasteiger partial charge in [0.2, 0.25) is 10.9 Å². The number of hydrogen-bond donors (Lipinski definition) is 1. The van der Waals surface area contributed by atoms with Gasteiger partial charge in [0.1, 0.15) is 5.82 Å². The number of aromatic nitrogens is 3. The summed E-state index contributed by atoms with van der Waals surface area (Å²) in [6.07, 6.45) is 6.13. The van der Waals surface area contributed by atoms with E-state index in [1.165, 1.54) is 15.7 Å². The lowest BCUT2D eigenvalue weighted by molar-refractivity contribution is -0.116. The molecule has 0 bridgehead atoms. The molecular formula is C23H20N4O2S. The number of carbonyl (C=O) groups excluding carboxylic acids is 1. The number of rotatable bonds is 6. The highest BCUT2D eigenvalue weighted by Gasteiger charge is 2.13. The van der Waals surface area contributed by atoms with Gasteiger partial charge in [0.15, 0.2) is 0 Å². The summed E-state index contributed by atoms with van der Waals surface area (Å²) in [5.74, 6) is 0.368. The lowest BCUT2D eigenvalue weighted by Gasteiger charge is -2.04. The second-order valence-electron chi connectivity index (χ2n) is 6.86. The molecule has 2 aromatic heterocycles. The number of aryl methyl sites for hydroxylation is 2. The first-order valence-corrected chi connectivity index (χ1v) is 10.4. The first-order chi connectivity index (χ1) is 14.6. The quantitative estimate of drug-likeness (QED) is 0.524. The highest BCUT2D eigenvalue weighted by atomic mass is 32.1. The van der Waals surface area contributed by atoms with Crippen molar-refractivity contribution in [2.45, 2.75) is 19.8 Å². The summed E-state index contributed by atoms with van der Waals surface area (Å²) in [6, 6.07) is 17.5. The number of carbonyl (C=O) groups is 1. The number of nitrogens with one attached hydrogen (secondary N) is 1. The molecule has 2 aromatic carbocycles. The summed E-state index contributed by atoms with van der Waals surface area (Å²) in [7, 11) is 0. The summed E-state index contributed by atoms with van der Waals surface area (Å²) in [4.78, 5) is 25.5. The minimum atomic E-state index is -0.161. The van der Waals surface area contributed by atoms with Gasteiger partial charge in [-0.3, -0.25) is 9.59 Å². The van der Waals surface area contributed by atoms with Gasteiger partial charge in [0, 0.05) is 18.5 Å². The van der Waals surface area contributed by atoms with Crippen LogP contribution in [0.5, 0.6) is 0 Å². The Bertz CT molecular complexity index is 1310. The zero-order chi connectivity index (χ0) is 20.9. The van der Waals surface area contributed by atoms with Crippen LogP contribution in [0.1, 0.15) is 23.4 Å². The molecule has 150 valence electrons. The van der Waals surface area contributed by atoms with E-state index in [0.717, 1.165) is 16.8 Å². The third-order valence-corrected chi connectivity index (χ3v) is 5.54. The van der Waals surface area contributed by atoms with E-state index in [1.807, 2.05) is 73.7 Å². The molecule has 2 heterocycles. The van der Waals surface area contributed by atoms with Crippen LogP contribution in [0.25, 0.3) is 17.1 Å². The predicted octanol–water partition coefficient (Wildman–Crippen LogP) is 3.24. The van der Waals surface area contributed by atoms with E-state index < -0.39 is 0 Å². The van der Waals surface area contributed by atoms with Gasteiger partial charge >= 0.3 is 0 Å². The second-order valence-corrected chi connectivity index (χ2v) is 7.87. The minimum absolute atomic E-state index is 0.129. The van der Waals surface area contributed by atoms with E-state index in [0.29, 0.717) is 21.7 Å². The molecule has 1 amide bonds. The SMILES string of the molecule is Cc1ccc(NC(=O)CCc2nnc3s/c(=C\C=C\c4ccccc4)c(=O)n23)cc1. The zero-order valence-electron chi connectivity index (χ0n) is 16.4. The van der Waals surface area contributed by atoms with Crippen molar-refractivity contribution in [2.75, 3.05) is 5.32 Å². The van der Waals surface area contributed by atoms with Crippen molar-refractivity contribution >= 4 is 40.0 Å². The van der Waals surface area contributed by atoms with Gasteiger partial charge < -0.3 is 5.32 Å². The van der Waals surface area contributed by atoms with Gasteiger partial charge in [-0.1, -0.05) is 71.5 Å². The van der Waals surface area contributed by atoms with Crippen LogP contribution in [0.15, 0.2) is 65.5 Å². The smallest absolute Gasteiger partial charge is 0.275 e. The fraction of sp³-hybridized carbons (Fsp3) is 0.130. The van der Waals surface area contributed by atoms with Gasteiger partial charge in [0.25, 0.3) is 5.56 Å². The zero-order valence-corrected chi connectivity index (χ0v) is 17.2. The number of thiazole rings is 1. The number of fused-ring (bicyclic) bond motifs is 1. The molecule has 0 atom stereocenters. The molecular weight excluding hydrogens is 396 g/mol. The lowest BCUT2D eigenvalue weighted by Crippen LogP contribution is -2.24. The van der Waals surface area contributed by atoms with Crippen LogP contribution in [0.3, 0.4) is 0 Å². The largest absolute Gasteiger partial charge is 0.326 e. The third kappa shape index (κ3) is 4.52. The van der Waals surface area contributed by atoms with E-state index in [2.05, 4.69) is 15.5 Å². The molecule has 4 aromatic rings. The molecule has 4 rings (SSSR count). The van der Waals surface area contributed by atoms with Crippen molar-refractivity contribution in [3.63, 3.8) is 0 Å². The van der Waals surface area contributed by atoms with Gasteiger partial charge in [-0.2, -0.15) is 0 Å². The third-order valence-electron chi connectivity index (χ3n) is 4.56. The molecule has 0 aliphatic rings. The van der Waals surface area contributed by atoms with Crippen LogP contribution in [-0.4, -0.2) is 20.5 Å². The van der Waals surface area contributed by atoms with Gasteiger partial charge in [-0.25, -0.2) is 4.40 Å². The second kappa shape index (κ2) is 8.84. The molecule has 7 heteroatoms. The molecule has 1 N–H and O–H groups in total. The van der Waals surface area contributed by atoms with Crippen molar-refractivity contribution < 1.29 is 4.79 Å². The molecule has 0 unspecified atom stereocenters. The molecule has 0 saturated heterocycles. The van der Waals surface area contributed by atoms with Crippen molar-refractivity contribution in [1.29, 1.82) is 0 Å². The minimum Gasteiger partial charge on any atom is -0.326 e. The predicted molar refractivity (Wildman–Crippen MR) is 120 cm³/mol. The Morgan fingerprint density at radius 3 is 2.63 bits per heavy atom. The first-order valence-electron chi connectivity index (χ1n) is 9.57. The Morgan fingerprint density at radius 1 is 1.10 bits per heavy atom. The molecule has 0 radical (unpaired) electrons. The topological polar surface area (TPSA) is 76.4 Å². The van der Waals surface area contributed by atoms with E-state index in [1.54, 1.807) is 6.08 Å². The van der Waals surface area contributed by atoms with Gasteiger partial charge in [-0.05, 0) is 30.7 Å². The number of benzene rings is 2. The number of anilines is 1. The summed E-state index contributed by atoms with van der Waals surface area (Å²) in [6.45, 7) is 1.99. The van der Waals surface area contributed by atoms with E-state index >= 15 is 0 Å². The maximum atomic E-state index is 12.7. The van der Waals surface area contributed by atoms with E-state index in [9.17, 15) is 9.59 Å². The van der Waals surface area contributed by atoms with Gasteiger partial charge in [-0.15, -0.1) is 10.2 Å². The Hall–Kier alpha value is -3.58. The number of nitrogens with zero attached hydrogens (tertiary/aromatic N) is 3. The van der Waals surface area contributed by atoms with Crippen LogP contribution < -0.4 is 15.4 Å². The van der Waals surface area contributed by atoms with Crippen LogP contribution in [0.4, 0.5) is 5.69 Å². The van der Waals surface area contributed by atoms with Crippen LogP contribution in [0, 0.1) is 6.92 Å². The number of amides is 1. The average molecular weight is 417 g/mol. The number of hydrogen-bond acceptors (Lipinski definition) is 5. The summed E-state index contributed by atoms with van der Waals surface area (Å²) in [5.41, 5.74) is 2.78. The maximum absolute atomic E-state index is 12.7. The summed E-state index contributed by atoms with van der Waals surface area (Å²) in [5, 5.41) is 11.0. The lowest BCUT2D eigenvalue weighted by atomic mass is 10.2. The van der Waals surface area contributed by atoms with Crippen molar-refractivity contribution in [3.8, 4) is 0 Å². The van der Waals surface area contributed by atoms with Crippen molar-refractivity contribution in [3.05, 3.63) is 92.5 Å². The normalized spacial score (nSPS) is 12.1. The Labute approximate surface area is 177 Å². The fourth-order valence-corrected chi connectivity index (χ4v) is 3.87. The molecule has 0 saturated carbocycles. The first kappa shape index (κ1) is 19.7. The molecule has 6 nitrogen and oxygen atoms in total. The van der Waals surface area contributed by atoms with Crippen LogP contribution in [0.2, 0.25) is 0 Å². The van der Waals surface area contributed by atoms with Crippen molar-refractivity contribution in [2.24, 2.45) is 0 Å². The highest BCUT2D eigenvalue weighted by Crippen LogP contribution is 2.10. The Balaban J connectivity index is 1.47. The van der Waals surface area contributed by atoms with Crippen LogP contribution in [-0.2, 0) is 11.2 Å². The molecule has 0 aliphatic carbocycles. The van der Waals surface area contributed by atoms with Gasteiger partial charge in [0.05, 0.1) is 4.53 Å². The van der Waals surface area contributed by atoms with Crippen LogP contribution >= 0.6 is 11.3 Å². The molecule has 30 heavy (non-hydrogen) atoms. The van der Waals surface area contributed by atoms with E-state index in [-0.39, 0.29) is 17.9 Å². The molecule has 0 spiro atoms. The number of allylic oxidation sites excluding steroid dienone is 1. The summed E-state index contributed by atoms with van der Waals surface area (Å²) >= 11 is 1.29. The standard InChI is InChI=1S/C23H20N4O2S/c1-16-10-12-18(13-11-16)24-21(28)15-14-20-25-26-23-27(20)22(29)19(30-23)9-5-8-17-6-3-2-4-7-17/h2-13H,14-15H2,1H3,(H,24,28)/b8-5+,19-9-. The molecule has 0 aliphatic heterocycles. The Kier molecular flexibility index (Phi) is 5.81. The highest BCUT2D eigenvalue weighted by molar-refractivity contribution is 7.15. The monoisotopic (exact) mass is 416 g/mol. The van der Waals surface area contributed by atoms with Crippen molar-refractivity contribution in [1.82, 2.24) is 14.6 Å². The van der Waals surface area contributed by atoms with E-state index in [4.69, 9.17) is 0 Å². The maximum Gasteiger partial charge on any atom is 0.275 e. The summed E-state index contributed by atoms with van der Waals surface area (Å²) < 4.78 is 2.07. The average Bonchev–Trinajstić information content (AvgIpc) is 3.29. The Morgan fingerprint density at radius 2 is 1.87 bits per heavy atom. The fourth-order valence-electron chi connectivity index (χ4n) is 2.99.